The average Bonchev–Trinajstić information content (AvgIpc) is 2.95. The van der Waals surface area contributed by atoms with Gasteiger partial charge in [0.05, 0.1) is 27.2 Å². The molecule has 0 fully saturated rings. The van der Waals surface area contributed by atoms with Crippen LogP contribution in [0.3, 0.4) is 0 Å². The largest absolute Gasteiger partial charge is 0.328 e. The van der Waals surface area contributed by atoms with Gasteiger partial charge < -0.3 is 4.48 Å². The number of hydrogen-bond acceptors (Lipinski definition) is 0. The monoisotopic (exact) mass is 557 g/mol. The number of unbranched alkanes of at least 4 members (excludes halogenated alkanes) is 25. The zero-order chi connectivity index (χ0) is 28.8. The molecule has 0 spiro atoms. The Hall–Kier alpha value is -0.820. The molecule has 0 amide bonds. The van der Waals surface area contributed by atoms with E-state index in [4.69, 9.17) is 0 Å². The van der Waals surface area contributed by atoms with Crippen LogP contribution in [0.2, 0.25) is 0 Å². The summed E-state index contributed by atoms with van der Waals surface area (Å²) in [6.07, 6.45) is 40.5. The molecule has 1 aromatic rings. The molecule has 0 atom stereocenters. The third kappa shape index (κ3) is 26.1. The van der Waals surface area contributed by atoms with Crippen LogP contribution in [0.25, 0.3) is 0 Å². The Labute approximate surface area is 253 Å². The van der Waals surface area contributed by atoms with Gasteiger partial charge in [-0.25, -0.2) is 0 Å². The van der Waals surface area contributed by atoms with Crippen molar-refractivity contribution in [1.82, 2.24) is 0 Å². The van der Waals surface area contributed by atoms with Crippen LogP contribution in [0.1, 0.15) is 186 Å². The number of benzene rings is 1. The molecule has 0 aliphatic rings. The van der Waals surface area contributed by atoms with Crippen LogP contribution in [0.4, 0.5) is 0 Å². The molecular weight excluding hydrogens is 482 g/mol. The normalized spacial score (nSPS) is 11.9. The van der Waals surface area contributed by atoms with Gasteiger partial charge >= 0.3 is 0 Å². The van der Waals surface area contributed by atoms with Crippen molar-refractivity contribution < 1.29 is 4.48 Å². The molecule has 0 unspecified atom stereocenters. The molecule has 40 heavy (non-hydrogen) atoms. The Balaban J connectivity index is 1.73. The number of aryl methyl sites for hydroxylation is 1. The van der Waals surface area contributed by atoms with Crippen LogP contribution in [-0.4, -0.2) is 31.7 Å². The molecule has 0 bridgehead atoms. The second-order valence-electron chi connectivity index (χ2n) is 13.8. The molecule has 0 heterocycles. The topological polar surface area (TPSA) is 0 Å². The molecule has 0 saturated heterocycles. The van der Waals surface area contributed by atoms with Crippen molar-refractivity contribution >= 4 is 0 Å². The van der Waals surface area contributed by atoms with E-state index in [1.54, 1.807) is 0 Å². The Morgan fingerprint density at radius 2 is 0.675 bits per heavy atom. The Morgan fingerprint density at radius 1 is 0.375 bits per heavy atom. The van der Waals surface area contributed by atoms with Gasteiger partial charge in [-0.15, -0.1) is 0 Å². The van der Waals surface area contributed by atoms with Gasteiger partial charge in [-0.1, -0.05) is 179 Å². The molecule has 0 radical (unpaired) electrons. The van der Waals surface area contributed by atoms with Gasteiger partial charge in [-0.05, 0) is 44.1 Å². The summed E-state index contributed by atoms with van der Waals surface area (Å²) in [6, 6.07) is 11.0. The van der Waals surface area contributed by atoms with E-state index in [0.717, 1.165) is 0 Å². The molecule has 1 rings (SSSR count). The molecule has 1 aromatic carbocycles. The second-order valence-corrected chi connectivity index (χ2v) is 13.8. The zero-order valence-electron chi connectivity index (χ0n) is 28.0. The summed E-state index contributed by atoms with van der Waals surface area (Å²) in [5.74, 6) is 0. The highest BCUT2D eigenvalue weighted by Crippen LogP contribution is 2.16. The van der Waals surface area contributed by atoms with Crippen LogP contribution in [0.5, 0.6) is 0 Å². The van der Waals surface area contributed by atoms with E-state index in [1.807, 2.05) is 0 Å². The minimum absolute atomic E-state index is 1.24. The highest BCUT2D eigenvalue weighted by atomic mass is 15.3. The van der Waals surface area contributed by atoms with E-state index >= 15 is 0 Å². The number of nitrogens with zero attached hydrogens (tertiary/aromatic N) is 1. The molecule has 234 valence electrons. The predicted octanol–water partition coefficient (Wildman–Crippen LogP) is 12.9. The van der Waals surface area contributed by atoms with Crippen molar-refractivity contribution in [2.24, 2.45) is 0 Å². The first-order valence-electron chi connectivity index (χ1n) is 18.5. The first-order chi connectivity index (χ1) is 19.6. The predicted molar refractivity (Wildman–Crippen MR) is 182 cm³/mol. The fourth-order valence-electron chi connectivity index (χ4n) is 6.30. The maximum absolute atomic E-state index is 2.46. The lowest BCUT2D eigenvalue weighted by atomic mass is 10.0. The summed E-state index contributed by atoms with van der Waals surface area (Å²) < 4.78 is 1.24. The third-order valence-corrected chi connectivity index (χ3v) is 9.19. The molecule has 0 N–H and O–H groups in total. The summed E-state index contributed by atoms with van der Waals surface area (Å²) in [7, 11) is 4.92. The SMILES string of the molecule is CCCCCCCCCCCC[N+](C)(C)CCCCCCCCCCCCCCCCCCCc1ccccc1. The zero-order valence-corrected chi connectivity index (χ0v) is 28.0. The average molecular weight is 557 g/mol. The highest BCUT2D eigenvalue weighted by molar-refractivity contribution is 5.14. The van der Waals surface area contributed by atoms with Gasteiger partial charge in [0.2, 0.25) is 0 Å². The van der Waals surface area contributed by atoms with Crippen molar-refractivity contribution in [2.45, 2.75) is 187 Å². The molecule has 1 nitrogen and oxygen atoms in total. The van der Waals surface area contributed by atoms with Crippen LogP contribution >= 0.6 is 0 Å². The minimum Gasteiger partial charge on any atom is -0.328 e. The summed E-state index contributed by atoms with van der Waals surface area (Å²) in [5, 5.41) is 0. The molecular formula is C39H74N+. The Kier molecular flexibility index (Phi) is 26.3. The van der Waals surface area contributed by atoms with Crippen molar-refractivity contribution in [3.8, 4) is 0 Å². The fourth-order valence-corrected chi connectivity index (χ4v) is 6.30. The van der Waals surface area contributed by atoms with Gasteiger partial charge in [0, 0.05) is 0 Å². The van der Waals surface area contributed by atoms with Crippen molar-refractivity contribution in [3.63, 3.8) is 0 Å². The van der Waals surface area contributed by atoms with E-state index in [2.05, 4.69) is 51.4 Å². The summed E-state index contributed by atoms with van der Waals surface area (Å²) in [6.45, 7) is 5.07. The standard InChI is InChI=1S/C39H74N/c1-4-5-6-7-8-9-20-23-26-32-37-40(2,3)38-33-27-24-21-18-16-14-12-10-11-13-15-17-19-22-25-29-34-39-35-30-28-31-36-39/h28,30-31,35-36H,4-27,29,32-34,37-38H2,1-3H3/q+1. The maximum Gasteiger partial charge on any atom is 0.0782 e. The highest BCUT2D eigenvalue weighted by Gasteiger charge is 2.13. The second kappa shape index (κ2) is 28.3. The maximum atomic E-state index is 2.46. The van der Waals surface area contributed by atoms with E-state index in [1.165, 1.54) is 203 Å². The Morgan fingerprint density at radius 3 is 1.02 bits per heavy atom. The van der Waals surface area contributed by atoms with E-state index < -0.39 is 0 Å². The van der Waals surface area contributed by atoms with E-state index in [-0.39, 0.29) is 0 Å². The number of hydrogen-bond donors (Lipinski definition) is 0. The molecule has 0 aromatic heterocycles. The van der Waals surface area contributed by atoms with Crippen LogP contribution in [0.15, 0.2) is 30.3 Å². The van der Waals surface area contributed by atoms with E-state index in [9.17, 15) is 0 Å². The van der Waals surface area contributed by atoms with Crippen molar-refractivity contribution in [2.75, 3.05) is 27.2 Å². The van der Waals surface area contributed by atoms with Crippen LogP contribution in [0, 0.1) is 0 Å². The lowest BCUT2D eigenvalue weighted by molar-refractivity contribution is -0.890. The summed E-state index contributed by atoms with van der Waals surface area (Å²) in [5.41, 5.74) is 1.51. The number of rotatable bonds is 31. The Bertz CT molecular complexity index is 606. The van der Waals surface area contributed by atoms with Crippen LogP contribution in [-0.2, 0) is 6.42 Å². The van der Waals surface area contributed by atoms with Gasteiger partial charge in [-0.2, -0.15) is 0 Å². The van der Waals surface area contributed by atoms with Gasteiger partial charge in [0.1, 0.15) is 0 Å². The molecule has 0 aliphatic heterocycles. The lowest BCUT2D eigenvalue weighted by Crippen LogP contribution is -2.41. The first-order valence-corrected chi connectivity index (χ1v) is 18.5. The molecule has 0 saturated carbocycles. The quantitative estimate of drug-likeness (QED) is 0.0630. The van der Waals surface area contributed by atoms with Crippen LogP contribution < -0.4 is 0 Å². The third-order valence-electron chi connectivity index (χ3n) is 9.19. The van der Waals surface area contributed by atoms with Gasteiger partial charge in [0.25, 0.3) is 0 Å². The lowest BCUT2D eigenvalue weighted by Gasteiger charge is -2.30. The van der Waals surface area contributed by atoms with Crippen molar-refractivity contribution in [3.05, 3.63) is 35.9 Å². The number of quaternary nitrogens is 1. The van der Waals surface area contributed by atoms with Crippen molar-refractivity contribution in [1.29, 1.82) is 0 Å². The minimum atomic E-state index is 1.24. The molecule has 1 heteroatoms. The molecule has 0 aliphatic carbocycles. The summed E-state index contributed by atoms with van der Waals surface area (Å²) >= 11 is 0. The van der Waals surface area contributed by atoms with Gasteiger partial charge in [-0.3, -0.25) is 0 Å². The van der Waals surface area contributed by atoms with E-state index in [0.29, 0.717) is 0 Å². The van der Waals surface area contributed by atoms with Gasteiger partial charge in [0.15, 0.2) is 0 Å². The summed E-state index contributed by atoms with van der Waals surface area (Å²) in [4.78, 5) is 0. The smallest absolute Gasteiger partial charge is 0.0782 e. The first kappa shape index (κ1) is 37.2. The fraction of sp³-hybridized carbons (Fsp3) is 0.846.